The van der Waals surface area contributed by atoms with Gasteiger partial charge in [0.15, 0.2) is 5.78 Å². The summed E-state index contributed by atoms with van der Waals surface area (Å²) >= 11 is 0. The third kappa shape index (κ3) is 3.11. The molecule has 1 aromatic rings. The number of aromatic nitrogens is 2. The van der Waals surface area contributed by atoms with Crippen LogP contribution < -0.4 is 0 Å². The van der Waals surface area contributed by atoms with E-state index in [4.69, 9.17) is 0 Å². The molecule has 0 aliphatic heterocycles. The van der Waals surface area contributed by atoms with E-state index in [2.05, 4.69) is 44.6 Å². The van der Waals surface area contributed by atoms with Gasteiger partial charge in [0, 0.05) is 12.7 Å². The lowest BCUT2D eigenvalue weighted by Gasteiger charge is -2.40. The van der Waals surface area contributed by atoms with Crippen LogP contribution in [0.5, 0.6) is 0 Å². The summed E-state index contributed by atoms with van der Waals surface area (Å²) in [6.07, 6.45) is 6.32. The van der Waals surface area contributed by atoms with Gasteiger partial charge in [-0.15, -0.1) is 0 Å². The summed E-state index contributed by atoms with van der Waals surface area (Å²) in [5, 5.41) is 4.30. The van der Waals surface area contributed by atoms with E-state index in [0.29, 0.717) is 0 Å². The van der Waals surface area contributed by atoms with Crippen molar-refractivity contribution in [3.8, 4) is 0 Å². The summed E-state index contributed by atoms with van der Waals surface area (Å²) in [6.45, 7) is 13.2. The minimum Gasteiger partial charge on any atom is -0.292 e. The molecule has 4 nitrogen and oxygen atoms in total. The second-order valence-electron chi connectivity index (χ2n) is 5.23. The molecule has 0 unspecified atom stereocenters. The zero-order chi connectivity index (χ0) is 15.2. The predicted molar refractivity (Wildman–Crippen MR) is 83.1 cm³/mol. The first-order chi connectivity index (χ1) is 9.59. The van der Waals surface area contributed by atoms with Crippen LogP contribution in [-0.4, -0.2) is 39.1 Å². The number of rotatable bonds is 9. The molecule has 0 bridgehead atoms. The van der Waals surface area contributed by atoms with Gasteiger partial charge in [0.1, 0.15) is 0 Å². The number of hydrogen-bond acceptors (Lipinski definition) is 3. The molecule has 0 saturated carbocycles. The highest BCUT2D eigenvalue weighted by Crippen LogP contribution is 2.28. The molecule has 0 radical (unpaired) electrons. The molecule has 0 aliphatic carbocycles. The van der Waals surface area contributed by atoms with Crippen molar-refractivity contribution in [1.82, 2.24) is 14.7 Å². The van der Waals surface area contributed by atoms with E-state index in [0.717, 1.165) is 44.5 Å². The standard InChI is InChI=1S/C16H29N3O/c1-6-11-19-13-14(12-17-19)15(20)16(7-2,8-3)18(9-4)10-5/h12-13H,6-11H2,1-5H3. The summed E-state index contributed by atoms with van der Waals surface area (Å²) < 4.78 is 1.87. The van der Waals surface area contributed by atoms with Crippen LogP contribution in [0.1, 0.15) is 64.2 Å². The lowest BCUT2D eigenvalue weighted by atomic mass is 9.83. The number of carbonyl (C=O) groups excluding carboxylic acids is 1. The van der Waals surface area contributed by atoms with Gasteiger partial charge in [-0.2, -0.15) is 5.10 Å². The number of likely N-dealkylation sites (N-methyl/N-ethyl adjacent to an activating group) is 1. The Labute approximate surface area is 123 Å². The van der Waals surface area contributed by atoms with E-state index in [1.165, 1.54) is 0 Å². The largest absolute Gasteiger partial charge is 0.292 e. The highest BCUT2D eigenvalue weighted by atomic mass is 16.1. The monoisotopic (exact) mass is 279 g/mol. The highest BCUT2D eigenvalue weighted by molar-refractivity contribution is 6.02. The Morgan fingerprint density at radius 1 is 1.20 bits per heavy atom. The van der Waals surface area contributed by atoms with Crippen molar-refractivity contribution >= 4 is 5.78 Å². The first kappa shape index (κ1) is 16.9. The first-order valence-corrected chi connectivity index (χ1v) is 7.91. The number of ketones is 1. The molecule has 0 aromatic carbocycles. The maximum absolute atomic E-state index is 13.0. The van der Waals surface area contributed by atoms with Gasteiger partial charge >= 0.3 is 0 Å². The quantitative estimate of drug-likeness (QED) is 0.650. The molecule has 114 valence electrons. The Morgan fingerprint density at radius 2 is 1.80 bits per heavy atom. The van der Waals surface area contributed by atoms with Crippen LogP contribution in [0.4, 0.5) is 0 Å². The van der Waals surface area contributed by atoms with Crippen molar-refractivity contribution in [3.05, 3.63) is 18.0 Å². The molecule has 1 aromatic heterocycles. The van der Waals surface area contributed by atoms with Crippen molar-refractivity contribution in [2.75, 3.05) is 13.1 Å². The van der Waals surface area contributed by atoms with Gasteiger partial charge in [-0.05, 0) is 32.4 Å². The zero-order valence-electron chi connectivity index (χ0n) is 13.6. The summed E-state index contributed by atoms with van der Waals surface area (Å²) in [7, 11) is 0. The maximum atomic E-state index is 13.0. The molecule has 1 heterocycles. The van der Waals surface area contributed by atoms with Gasteiger partial charge in [-0.25, -0.2) is 0 Å². The van der Waals surface area contributed by atoms with E-state index in [-0.39, 0.29) is 11.3 Å². The lowest BCUT2D eigenvalue weighted by Crippen LogP contribution is -2.53. The third-order valence-corrected chi connectivity index (χ3v) is 4.31. The normalized spacial score (nSPS) is 12.1. The first-order valence-electron chi connectivity index (χ1n) is 7.91. The van der Waals surface area contributed by atoms with E-state index < -0.39 is 0 Å². The average Bonchev–Trinajstić information content (AvgIpc) is 2.93. The van der Waals surface area contributed by atoms with Gasteiger partial charge in [-0.3, -0.25) is 14.4 Å². The molecule has 0 fully saturated rings. The van der Waals surface area contributed by atoms with Crippen molar-refractivity contribution in [1.29, 1.82) is 0 Å². The van der Waals surface area contributed by atoms with E-state index >= 15 is 0 Å². The number of Topliss-reactive ketones (excluding diaryl/α,β-unsaturated/α-hetero) is 1. The van der Waals surface area contributed by atoms with Gasteiger partial charge in [0.2, 0.25) is 0 Å². The Kier molecular flexibility index (Phi) is 6.40. The number of aryl methyl sites for hydroxylation is 1. The molecular weight excluding hydrogens is 250 g/mol. The molecular formula is C16H29N3O. The fourth-order valence-electron chi connectivity index (χ4n) is 3.09. The Hall–Kier alpha value is -1.16. The van der Waals surface area contributed by atoms with Crippen molar-refractivity contribution in [2.24, 2.45) is 0 Å². The van der Waals surface area contributed by atoms with Crippen molar-refractivity contribution in [2.45, 2.75) is 66.0 Å². The van der Waals surface area contributed by atoms with Crippen LogP contribution in [0.25, 0.3) is 0 Å². The maximum Gasteiger partial charge on any atom is 0.186 e. The predicted octanol–water partition coefficient (Wildman–Crippen LogP) is 3.38. The third-order valence-electron chi connectivity index (χ3n) is 4.31. The van der Waals surface area contributed by atoms with Gasteiger partial charge in [0.25, 0.3) is 0 Å². The SMILES string of the molecule is CCCn1cc(C(=O)C(CC)(CC)N(CC)CC)cn1. The van der Waals surface area contributed by atoms with E-state index in [1.54, 1.807) is 6.20 Å². The van der Waals surface area contributed by atoms with E-state index in [1.807, 2.05) is 10.9 Å². The molecule has 0 saturated heterocycles. The lowest BCUT2D eigenvalue weighted by molar-refractivity contribution is 0.0535. The Morgan fingerprint density at radius 3 is 2.25 bits per heavy atom. The highest BCUT2D eigenvalue weighted by Gasteiger charge is 2.40. The summed E-state index contributed by atoms with van der Waals surface area (Å²) in [6, 6.07) is 0. The molecule has 0 atom stereocenters. The number of hydrogen-bond donors (Lipinski definition) is 0. The Balaban J connectivity index is 3.09. The summed E-state index contributed by atoms with van der Waals surface area (Å²) in [4.78, 5) is 15.3. The van der Waals surface area contributed by atoms with Crippen LogP contribution in [0, 0.1) is 0 Å². The fraction of sp³-hybridized carbons (Fsp3) is 0.750. The van der Waals surface area contributed by atoms with Crippen LogP contribution in [0.2, 0.25) is 0 Å². The van der Waals surface area contributed by atoms with Crippen LogP contribution in [-0.2, 0) is 6.54 Å². The molecule has 0 spiro atoms. The Bertz CT molecular complexity index is 417. The number of carbonyl (C=O) groups is 1. The summed E-state index contributed by atoms with van der Waals surface area (Å²) in [5.41, 5.74) is 0.359. The van der Waals surface area contributed by atoms with Crippen molar-refractivity contribution in [3.63, 3.8) is 0 Å². The molecule has 4 heteroatoms. The average molecular weight is 279 g/mol. The van der Waals surface area contributed by atoms with Crippen molar-refractivity contribution < 1.29 is 4.79 Å². The van der Waals surface area contributed by atoms with Crippen LogP contribution in [0.15, 0.2) is 12.4 Å². The van der Waals surface area contributed by atoms with Gasteiger partial charge in [-0.1, -0.05) is 34.6 Å². The van der Waals surface area contributed by atoms with Gasteiger partial charge in [0.05, 0.1) is 17.3 Å². The zero-order valence-corrected chi connectivity index (χ0v) is 13.6. The smallest absolute Gasteiger partial charge is 0.186 e. The van der Waals surface area contributed by atoms with Gasteiger partial charge < -0.3 is 0 Å². The molecule has 0 amide bonds. The van der Waals surface area contributed by atoms with Crippen LogP contribution >= 0.6 is 0 Å². The summed E-state index contributed by atoms with van der Waals surface area (Å²) in [5.74, 6) is 0.216. The molecule has 1 rings (SSSR count). The minimum atomic E-state index is -0.385. The second-order valence-corrected chi connectivity index (χ2v) is 5.23. The fourth-order valence-corrected chi connectivity index (χ4v) is 3.09. The van der Waals surface area contributed by atoms with E-state index in [9.17, 15) is 4.79 Å². The minimum absolute atomic E-state index is 0.216. The molecule has 0 N–H and O–H groups in total. The molecule has 20 heavy (non-hydrogen) atoms. The second kappa shape index (κ2) is 7.58. The topological polar surface area (TPSA) is 38.1 Å². The van der Waals surface area contributed by atoms with Crippen LogP contribution in [0.3, 0.4) is 0 Å². The molecule has 0 aliphatic rings. The number of nitrogens with zero attached hydrogens (tertiary/aromatic N) is 3.